The molecule has 0 saturated heterocycles. The summed E-state index contributed by atoms with van der Waals surface area (Å²) in [6.07, 6.45) is -0.872. The van der Waals surface area contributed by atoms with Crippen LogP contribution in [0.3, 0.4) is 0 Å². The molecule has 90 valence electrons. The third-order valence-corrected chi connectivity index (χ3v) is 3.30. The van der Waals surface area contributed by atoms with Crippen LogP contribution in [0.25, 0.3) is 0 Å². The van der Waals surface area contributed by atoms with Gasteiger partial charge in [0.15, 0.2) is 11.6 Å². The highest BCUT2D eigenvalue weighted by molar-refractivity contribution is 8.00. The van der Waals surface area contributed by atoms with Crippen LogP contribution in [0.5, 0.6) is 0 Å². The van der Waals surface area contributed by atoms with Gasteiger partial charge in [-0.3, -0.25) is 0 Å². The third-order valence-electron chi connectivity index (χ3n) is 1.94. The van der Waals surface area contributed by atoms with Gasteiger partial charge in [0.05, 0.1) is 11.0 Å². The van der Waals surface area contributed by atoms with Crippen LogP contribution in [0.4, 0.5) is 17.6 Å². The van der Waals surface area contributed by atoms with Crippen molar-refractivity contribution in [3.8, 4) is 0 Å². The average molecular weight is 255 g/mol. The second-order valence-electron chi connectivity index (χ2n) is 3.21. The van der Waals surface area contributed by atoms with Gasteiger partial charge < -0.3 is 5.11 Å². The molecule has 1 aromatic rings. The molecule has 0 aliphatic rings. The fourth-order valence-electron chi connectivity index (χ4n) is 0.856. The summed E-state index contributed by atoms with van der Waals surface area (Å²) >= 11 is 0.513. The molecule has 0 radical (unpaired) electrons. The highest BCUT2D eigenvalue weighted by Gasteiger charge is 2.24. The summed E-state index contributed by atoms with van der Waals surface area (Å²) < 4.78 is 51.6. The SMILES string of the molecule is CC(O)C(C)Sc1c(F)c(F)nc(F)c1F. The van der Waals surface area contributed by atoms with Crippen molar-refractivity contribution in [1.82, 2.24) is 4.98 Å². The Balaban J connectivity index is 3.12. The Morgan fingerprint density at radius 1 is 1.06 bits per heavy atom. The molecule has 0 amide bonds. The van der Waals surface area contributed by atoms with Gasteiger partial charge in [-0.1, -0.05) is 6.92 Å². The minimum Gasteiger partial charge on any atom is -0.392 e. The maximum atomic E-state index is 13.1. The van der Waals surface area contributed by atoms with Crippen LogP contribution in [0.2, 0.25) is 0 Å². The summed E-state index contributed by atoms with van der Waals surface area (Å²) in [6.45, 7) is 2.88. The molecule has 1 heterocycles. The normalized spacial score (nSPS) is 14.9. The van der Waals surface area contributed by atoms with Crippen LogP contribution < -0.4 is 0 Å². The van der Waals surface area contributed by atoms with Gasteiger partial charge in [0.25, 0.3) is 11.9 Å². The number of halogens is 4. The summed E-state index contributed by atoms with van der Waals surface area (Å²) in [5.41, 5.74) is 0. The van der Waals surface area contributed by atoms with E-state index in [1.54, 1.807) is 0 Å². The van der Waals surface area contributed by atoms with E-state index in [4.69, 9.17) is 5.11 Å². The molecule has 1 N–H and O–H groups in total. The fraction of sp³-hybridized carbons (Fsp3) is 0.444. The van der Waals surface area contributed by atoms with Crippen LogP contribution in [0.1, 0.15) is 13.8 Å². The van der Waals surface area contributed by atoms with E-state index in [1.807, 2.05) is 0 Å². The van der Waals surface area contributed by atoms with Crippen molar-refractivity contribution in [2.45, 2.75) is 30.1 Å². The lowest BCUT2D eigenvalue weighted by Gasteiger charge is -2.14. The van der Waals surface area contributed by atoms with E-state index in [1.165, 1.54) is 13.8 Å². The number of aromatic nitrogens is 1. The molecule has 0 bridgehead atoms. The molecule has 0 spiro atoms. The van der Waals surface area contributed by atoms with Gasteiger partial charge in [0.1, 0.15) is 0 Å². The Bertz CT molecular complexity index is 373. The fourth-order valence-corrected chi connectivity index (χ4v) is 1.80. The van der Waals surface area contributed by atoms with E-state index >= 15 is 0 Å². The number of nitrogens with zero attached hydrogens (tertiary/aromatic N) is 1. The van der Waals surface area contributed by atoms with E-state index in [0.29, 0.717) is 11.8 Å². The Labute approximate surface area is 93.7 Å². The highest BCUT2D eigenvalue weighted by Crippen LogP contribution is 2.31. The first-order chi connectivity index (χ1) is 7.34. The zero-order valence-electron chi connectivity index (χ0n) is 8.47. The predicted octanol–water partition coefficient (Wildman–Crippen LogP) is 2.50. The van der Waals surface area contributed by atoms with Gasteiger partial charge in [-0.15, -0.1) is 11.8 Å². The van der Waals surface area contributed by atoms with Crippen molar-refractivity contribution >= 4 is 11.8 Å². The minimum atomic E-state index is -1.70. The molecule has 2 nitrogen and oxygen atoms in total. The zero-order chi connectivity index (χ0) is 12.5. The smallest absolute Gasteiger partial charge is 0.252 e. The quantitative estimate of drug-likeness (QED) is 0.512. The molecule has 1 rings (SSSR count). The lowest BCUT2D eigenvalue weighted by molar-refractivity contribution is 0.196. The molecule has 0 saturated carbocycles. The van der Waals surface area contributed by atoms with Gasteiger partial charge in [-0.2, -0.15) is 13.8 Å². The summed E-state index contributed by atoms with van der Waals surface area (Å²) in [6, 6.07) is 0. The number of rotatable bonds is 3. The standard InChI is InChI=1S/C9H9F4NOS/c1-3(15)4(2)16-7-5(10)8(12)14-9(13)6(7)11/h3-4,15H,1-2H3. The molecule has 1 aromatic heterocycles. The highest BCUT2D eigenvalue weighted by atomic mass is 32.2. The molecular weight excluding hydrogens is 246 g/mol. The molecule has 0 fully saturated rings. The molecular formula is C9H9F4NOS. The van der Waals surface area contributed by atoms with Crippen LogP contribution >= 0.6 is 11.8 Å². The lowest BCUT2D eigenvalue weighted by atomic mass is 10.3. The number of aliphatic hydroxyl groups is 1. The predicted molar refractivity (Wildman–Crippen MR) is 51.1 cm³/mol. The largest absolute Gasteiger partial charge is 0.392 e. The Morgan fingerprint density at radius 3 is 1.88 bits per heavy atom. The van der Waals surface area contributed by atoms with E-state index in [0.717, 1.165) is 0 Å². The van der Waals surface area contributed by atoms with E-state index < -0.39 is 39.8 Å². The summed E-state index contributed by atoms with van der Waals surface area (Å²) in [5.74, 6) is -6.48. The van der Waals surface area contributed by atoms with Gasteiger partial charge in [-0.05, 0) is 6.92 Å². The van der Waals surface area contributed by atoms with Crippen molar-refractivity contribution in [3.05, 3.63) is 23.5 Å². The first-order valence-corrected chi connectivity index (χ1v) is 5.27. The maximum absolute atomic E-state index is 13.1. The van der Waals surface area contributed by atoms with Crippen LogP contribution in [-0.2, 0) is 0 Å². The van der Waals surface area contributed by atoms with Crippen LogP contribution in [0, 0.1) is 23.5 Å². The van der Waals surface area contributed by atoms with Gasteiger partial charge in [-0.25, -0.2) is 8.78 Å². The van der Waals surface area contributed by atoms with Crippen molar-refractivity contribution in [2.75, 3.05) is 0 Å². The third kappa shape index (κ3) is 2.65. The molecule has 7 heteroatoms. The Hall–Kier alpha value is -0.820. The van der Waals surface area contributed by atoms with E-state index in [-0.39, 0.29) is 0 Å². The number of aliphatic hydroxyl groups excluding tert-OH is 1. The average Bonchev–Trinajstić information content (AvgIpc) is 2.21. The van der Waals surface area contributed by atoms with E-state index in [9.17, 15) is 17.6 Å². The number of hydrogen-bond acceptors (Lipinski definition) is 3. The molecule has 16 heavy (non-hydrogen) atoms. The topological polar surface area (TPSA) is 33.1 Å². The number of hydrogen-bond donors (Lipinski definition) is 1. The lowest BCUT2D eigenvalue weighted by Crippen LogP contribution is -2.16. The monoisotopic (exact) mass is 255 g/mol. The summed E-state index contributed by atoms with van der Waals surface area (Å²) in [5, 5.41) is 8.53. The van der Waals surface area contributed by atoms with Gasteiger partial charge >= 0.3 is 0 Å². The van der Waals surface area contributed by atoms with Crippen LogP contribution in [0.15, 0.2) is 4.90 Å². The van der Waals surface area contributed by atoms with Crippen molar-refractivity contribution in [1.29, 1.82) is 0 Å². The number of pyridine rings is 1. The second kappa shape index (κ2) is 5.01. The zero-order valence-corrected chi connectivity index (χ0v) is 9.29. The van der Waals surface area contributed by atoms with Gasteiger partial charge in [0.2, 0.25) is 0 Å². The maximum Gasteiger partial charge on any atom is 0.252 e. The molecule has 0 aliphatic heterocycles. The van der Waals surface area contributed by atoms with Gasteiger partial charge in [0, 0.05) is 5.25 Å². The number of thioether (sulfide) groups is 1. The first kappa shape index (κ1) is 13.2. The van der Waals surface area contributed by atoms with Crippen LogP contribution in [-0.4, -0.2) is 21.4 Å². The molecule has 2 atom stereocenters. The minimum absolute atomic E-state index is 0.513. The summed E-state index contributed by atoms with van der Waals surface area (Å²) in [7, 11) is 0. The van der Waals surface area contributed by atoms with E-state index in [2.05, 4.69) is 4.98 Å². The second-order valence-corrected chi connectivity index (χ2v) is 4.60. The van der Waals surface area contributed by atoms with Crippen molar-refractivity contribution in [3.63, 3.8) is 0 Å². The first-order valence-electron chi connectivity index (χ1n) is 4.39. The Morgan fingerprint density at radius 2 is 1.50 bits per heavy atom. The molecule has 0 aromatic carbocycles. The van der Waals surface area contributed by atoms with Crippen molar-refractivity contribution in [2.24, 2.45) is 0 Å². The summed E-state index contributed by atoms with van der Waals surface area (Å²) in [4.78, 5) is 1.62. The Kier molecular flexibility index (Phi) is 4.15. The molecule has 0 aliphatic carbocycles. The van der Waals surface area contributed by atoms with Crippen molar-refractivity contribution < 1.29 is 22.7 Å². The molecule has 2 unspecified atom stereocenters.